The molecule has 5 nitrogen and oxygen atoms in total. The normalized spacial score (nSPS) is 18.4. The summed E-state index contributed by atoms with van der Waals surface area (Å²) in [6.07, 6.45) is 4.46. The topological polar surface area (TPSA) is 67.3 Å². The van der Waals surface area contributed by atoms with Crippen molar-refractivity contribution in [3.8, 4) is 17.2 Å². The molecule has 1 aromatic heterocycles. The fourth-order valence-electron chi connectivity index (χ4n) is 2.11. The van der Waals surface area contributed by atoms with Crippen molar-refractivity contribution in [2.45, 2.75) is 12.3 Å². The second-order valence-electron chi connectivity index (χ2n) is 4.56. The van der Waals surface area contributed by atoms with Gasteiger partial charge in [-0.1, -0.05) is 0 Å². The molecule has 5 heteroatoms. The molecule has 0 saturated carbocycles. The molecule has 1 saturated heterocycles. The number of hydrogen-bond donors (Lipinski definition) is 2. The smallest absolute Gasteiger partial charge is 0.164 e. The number of aromatic hydroxyl groups is 1. The van der Waals surface area contributed by atoms with Crippen molar-refractivity contribution in [1.82, 2.24) is 15.3 Å². The van der Waals surface area contributed by atoms with Gasteiger partial charge >= 0.3 is 0 Å². The standard InChI is InChI=1S/C14H15N3O2/c18-11-1-3-12(4-2-11)19-13-8-16-14(17-9-13)10-5-6-15-7-10/h1-4,8-10,15,18H,5-7H2. The van der Waals surface area contributed by atoms with Crippen LogP contribution in [0.4, 0.5) is 0 Å². The maximum Gasteiger partial charge on any atom is 0.164 e. The average molecular weight is 257 g/mol. The monoisotopic (exact) mass is 257 g/mol. The molecule has 0 spiro atoms. The Morgan fingerprint density at radius 3 is 2.47 bits per heavy atom. The van der Waals surface area contributed by atoms with Crippen LogP contribution in [0, 0.1) is 0 Å². The van der Waals surface area contributed by atoms with Crippen molar-refractivity contribution in [1.29, 1.82) is 0 Å². The van der Waals surface area contributed by atoms with E-state index in [1.165, 1.54) is 0 Å². The largest absolute Gasteiger partial charge is 0.508 e. The molecular formula is C14H15N3O2. The van der Waals surface area contributed by atoms with E-state index in [4.69, 9.17) is 4.74 Å². The van der Waals surface area contributed by atoms with E-state index in [9.17, 15) is 5.11 Å². The van der Waals surface area contributed by atoms with Crippen molar-refractivity contribution in [2.75, 3.05) is 13.1 Å². The van der Waals surface area contributed by atoms with E-state index in [1.807, 2.05) is 0 Å². The van der Waals surface area contributed by atoms with Gasteiger partial charge in [0, 0.05) is 12.5 Å². The zero-order valence-electron chi connectivity index (χ0n) is 10.4. The van der Waals surface area contributed by atoms with Gasteiger partial charge in [0.25, 0.3) is 0 Å². The molecule has 1 unspecified atom stereocenters. The van der Waals surface area contributed by atoms with E-state index in [1.54, 1.807) is 36.7 Å². The third-order valence-electron chi connectivity index (χ3n) is 3.15. The van der Waals surface area contributed by atoms with Gasteiger partial charge in [-0.25, -0.2) is 9.97 Å². The molecule has 2 N–H and O–H groups in total. The molecule has 2 aromatic rings. The van der Waals surface area contributed by atoms with E-state index in [0.29, 0.717) is 17.4 Å². The van der Waals surface area contributed by atoms with Gasteiger partial charge in [0.15, 0.2) is 5.75 Å². The van der Waals surface area contributed by atoms with E-state index in [0.717, 1.165) is 25.3 Å². The minimum Gasteiger partial charge on any atom is -0.508 e. The van der Waals surface area contributed by atoms with E-state index in [-0.39, 0.29) is 5.75 Å². The minimum atomic E-state index is 0.215. The van der Waals surface area contributed by atoms with Crippen molar-refractivity contribution >= 4 is 0 Å². The first-order valence-electron chi connectivity index (χ1n) is 6.31. The summed E-state index contributed by atoms with van der Waals surface area (Å²) in [5.74, 6) is 2.73. The van der Waals surface area contributed by atoms with Crippen molar-refractivity contribution < 1.29 is 9.84 Å². The number of hydrogen-bond acceptors (Lipinski definition) is 5. The van der Waals surface area contributed by atoms with Crippen LogP contribution in [-0.2, 0) is 0 Å². The van der Waals surface area contributed by atoms with Gasteiger partial charge < -0.3 is 15.2 Å². The Morgan fingerprint density at radius 1 is 1.11 bits per heavy atom. The number of nitrogens with zero attached hydrogens (tertiary/aromatic N) is 2. The van der Waals surface area contributed by atoms with Crippen LogP contribution < -0.4 is 10.1 Å². The Bertz CT molecular complexity index is 534. The fraction of sp³-hybridized carbons (Fsp3) is 0.286. The molecule has 98 valence electrons. The highest BCUT2D eigenvalue weighted by molar-refractivity contribution is 5.33. The van der Waals surface area contributed by atoms with Gasteiger partial charge in [0.2, 0.25) is 0 Å². The summed E-state index contributed by atoms with van der Waals surface area (Å²) in [6, 6.07) is 6.55. The summed E-state index contributed by atoms with van der Waals surface area (Å²) in [4.78, 5) is 8.70. The van der Waals surface area contributed by atoms with Crippen molar-refractivity contribution in [2.24, 2.45) is 0 Å². The first-order chi connectivity index (χ1) is 9.31. The molecule has 0 aliphatic carbocycles. The number of ether oxygens (including phenoxy) is 1. The highest BCUT2D eigenvalue weighted by Gasteiger charge is 2.18. The van der Waals surface area contributed by atoms with Gasteiger partial charge in [-0.15, -0.1) is 0 Å². The lowest BCUT2D eigenvalue weighted by Crippen LogP contribution is -2.10. The summed E-state index contributed by atoms with van der Waals surface area (Å²) >= 11 is 0. The zero-order chi connectivity index (χ0) is 13.1. The van der Waals surface area contributed by atoms with Crippen LogP contribution in [0.5, 0.6) is 17.2 Å². The second-order valence-corrected chi connectivity index (χ2v) is 4.56. The number of phenols is 1. The molecule has 19 heavy (non-hydrogen) atoms. The van der Waals surface area contributed by atoms with Crippen molar-refractivity contribution in [3.63, 3.8) is 0 Å². The highest BCUT2D eigenvalue weighted by Crippen LogP contribution is 2.24. The van der Waals surface area contributed by atoms with Crippen molar-refractivity contribution in [3.05, 3.63) is 42.5 Å². The van der Waals surface area contributed by atoms with Crippen LogP contribution in [-0.4, -0.2) is 28.2 Å². The zero-order valence-corrected chi connectivity index (χ0v) is 10.4. The molecule has 1 fully saturated rings. The minimum absolute atomic E-state index is 0.215. The molecule has 0 amide bonds. The van der Waals surface area contributed by atoms with Crippen LogP contribution in [0.15, 0.2) is 36.7 Å². The highest BCUT2D eigenvalue weighted by atomic mass is 16.5. The molecule has 1 aliphatic heterocycles. The number of benzene rings is 1. The first kappa shape index (κ1) is 11.9. The van der Waals surface area contributed by atoms with Crippen LogP contribution in [0.3, 0.4) is 0 Å². The maximum atomic E-state index is 9.19. The summed E-state index contributed by atoms with van der Waals surface area (Å²) in [6.45, 7) is 1.97. The molecule has 0 radical (unpaired) electrons. The molecule has 0 bridgehead atoms. The van der Waals surface area contributed by atoms with Crippen LogP contribution >= 0.6 is 0 Å². The molecule has 2 heterocycles. The maximum absolute atomic E-state index is 9.19. The van der Waals surface area contributed by atoms with Crippen LogP contribution in [0.2, 0.25) is 0 Å². The summed E-state index contributed by atoms with van der Waals surface area (Å²) < 4.78 is 5.60. The Balaban J connectivity index is 1.70. The lowest BCUT2D eigenvalue weighted by Gasteiger charge is -2.08. The van der Waals surface area contributed by atoms with E-state index in [2.05, 4.69) is 15.3 Å². The predicted molar refractivity (Wildman–Crippen MR) is 70.4 cm³/mol. The van der Waals surface area contributed by atoms with Crippen LogP contribution in [0.25, 0.3) is 0 Å². The van der Waals surface area contributed by atoms with Gasteiger partial charge in [-0.2, -0.15) is 0 Å². The number of rotatable bonds is 3. The number of aromatic nitrogens is 2. The van der Waals surface area contributed by atoms with Gasteiger partial charge in [-0.3, -0.25) is 0 Å². The van der Waals surface area contributed by atoms with Crippen LogP contribution in [0.1, 0.15) is 18.2 Å². The fourth-order valence-corrected chi connectivity index (χ4v) is 2.11. The Morgan fingerprint density at radius 2 is 1.84 bits per heavy atom. The molecule has 3 rings (SSSR count). The molecular weight excluding hydrogens is 242 g/mol. The Labute approximate surface area is 111 Å². The van der Waals surface area contributed by atoms with Gasteiger partial charge in [0.1, 0.15) is 17.3 Å². The summed E-state index contributed by atoms with van der Waals surface area (Å²) in [5, 5.41) is 12.5. The Hall–Kier alpha value is -2.14. The molecule has 1 aliphatic rings. The third kappa shape index (κ3) is 2.82. The summed E-state index contributed by atoms with van der Waals surface area (Å²) in [5.41, 5.74) is 0. The third-order valence-corrected chi connectivity index (χ3v) is 3.15. The first-order valence-corrected chi connectivity index (χ1v) is 6.31. The summed E-state index contributed by atoms with van der Waals surface area (Å²) in [7, 11) is 0. The van der Waals surface area contributed by atoms with Gasteiger partial charge in [-0.05, 0) is 37.2 Å². The quantitative estimate of drug-likeness (QED) is 0.880. The lowest BCUT2D eigenvalue weighted by atomic mass is 10.1. The Kier molecular flexibility index (Phi) is 3.29. The van der Waals surface area contributed by atoms with E-state index < -0.39 is 0 Å². The number of phenolic OH excluding ortho intramolecular Hbond substituents is 1. The molecule has 1 atom stereocenters. The second kappa shape index (κ2) is 5.24. The van der Waals surface area contributed by atoms with Gasteiger partial charge in [0.05, 0.1) is 12.4 Å². The SMILES string of the molecule is Oc1ccc(Oc2cnc(C3CCNC3)nc2)cc1. The lowest BCUT2D eigenvalue weighted by molar-refractivity contribution is 0.461. The predicted octanol–water partition coefficient (Wildman–Crippen LogP) is 2.05. The molecule has 1 aromatic carbocycles. The van der Waals surface area contributed by atoms with E-state index >= 15 is 0 Å². The average Bonchev–Trinajstić information content (AvgIpc) is 2.96. The number of nitrogens with one attached hydrogen (secondary N) is 1.